The Morgan fingerprint density at radius 2 is 2.11 bits per heavy atom. The number of amides is 1. The van der Waals surface area contributed by atoms with Crippen LogP contribution in [0.25, 0.3) is 0 Å². The summed E-state index contributed by atoms with van der Waals surface area (Å²) in [5.41, 5.74) is 0. The molecular formula is C13H26N4O. The second-order valence-electron chi connectivity index (χ2n) is 5.49. The van der Waals surface area contributed by atoms with Crippen molar-refractivity contribution in [2.75, 3.05) is 52.9 Å². The van der Waals surface area contributed by atoms with Crippen LogP contribution >= 0.6 is 0 Å². The van der Waals surface area contributed by atoms with Crippen LogP contribution in [-0.4, -0.2) is 74.6 Å². The molecule has 0 aliphatic carbocycles. The van der Waals surface area contributed by atoms with Crippen molar-refractivity contribution in [3.8, 4) is 0 Å². The van der Waals surface area contributed by atoms with E-state index in [1.54, 1.807) is 0 Å². The van der Waals surface area contributed by atoms with Gasteiger partial charge in [-0.15, -0.1) is 0 Å². The lowest BCUT2D eigenvalue weighted by molar-refractivity contribution is -0.121. The highest BCUT2D eigenvalue weighted by Gasteiger charge is 2.18. The maximum absolute atomic E-state index is 11.7. The number of piperazine rings is 1. The van der Waals surface area contributed by atoms with Crippen molar-refractivity contribution in [2.24, 2.45) is 0 Å². The molecule has 0 spiro atoms. The molecule has 1 atom stereocenters. The quantitative estimate of drug-likeness (QED) is 0.694. The molecule has 2 aliphatic heterocycles. The Morgan fingerprint density at radius 3 is 2.78 bits per heavy atom. The number of carbonyl (C=O) groups excluding carboxylic acids is 1. The third kappa shape index (κ3) is 4.55. The van der Waals surface area contributed by atoms with E-state index in [-0.39, 0.29) is 5.91 Å². The molecule has 0 aromatic carbocycles. The number of carbonyl (C=O) groups is 1. The summed E-state index contributed by atoms with van der Waals surface area (Å²) in [4.78, 5) is 16.5. The summed E-state index contributed by atoms with van der Waals surface area (Å²) in [5.74, 6) is 0.198. The molecule has 2 heterocycles. The average Bonchev–Trinajstić information content (AvgIpc) is 2.84. The van der Waals surface area contributed by atoms with E-state index < -0.39 is 0 Å². The minimum Gasteiger partial charge on any atom is -0.355 e. The van der Waals surface area contributed by atoms with E-state index >= 15 is 0 Å². The molecule has 1 unspecified atom stereocenters. The molecule has 0 radical (unpaired) electrons. The number of nitrogens with zero attached hydrogens (tertiary/aromatic N) is 2. The molecule has 2 rings (SSSR count). The smallest absolute Gasteiger partial charge is 0.221 e. The van der Waals surface area contributed by atoms with Gasteiger partial charge < -0.3 is 15.5 Å². The Labute approximate surface area is 110 Å². The zero-order valence-electron chi connectivity index (χ0n) is 11.5. The van der Waals surface area contributed by atoms with E-state index in [1.165, 1.54) is 6.42 Å². The Kier molecular flexibility index (Phi) is 5.41. The molecule has 0 bridgehead atoms. The summed E-state index contributed by atoms with van der Waals surface area (Å²) in [6.07, 6.45) is 2.99. The van der Waals surface area contributed by atoms with Gasteiger partial charge in [-0.2, -0.15) is 0 Å². The van der Waals surface area contributed by atoms with E-state index in [0.29, 0.717) is 12.5 Å². The average molecular weight is 254 g/mol. The first-order chi connectivity index (χ1) is 8.74. The molecule has 18 heavy (non-hydrogen) atoms. The van der Waals surface area contributed by atoms with Crippen LogP contribution in [0.15, 0.2) is 0 Å². The number of rotatable bonds is 5. The van der Waals surface area contributed by atoms with Crippen molar-refractivity contribution in [2.45, 2.75) is 25.3 Å². The highest BCUT2D eigenvalue weighted by atomic mass is 16.1. The van der Waals surface area contributed by atoms with Crippen LogP contribution in [0.4, 0.5) is 0 Å². The van der Waals surface area contributed by atoms with Gasteiger partial charge in [0, 0.05) is 51.7 Å². The Balaban J connectivity index is 1.53. The monoisotopic (exact) mass is 254 g/mol. The number of hydrogen-bond acceptors (Lipinski definition) is 4. The molecule has 5 nitrogen and oxygen atoms in total. The van der Waals surface area contributed by atoms with Crippen molar-refractivity contribution < 1.29 is 4.79 Å². The lowest BCUT2D eigenvalue weighted by atomic mass is 10.1. The van der Waals surface area contributed by atoms with E-state index in [9.17, 15) is 4.79 Å². The number of likely N-dealkylation sites (N-methyl/N-ethyl adjacent to an activating group) is 1. The van der Waals surface area contributed by atoms with Crippen LogP contribution in [0, 0.1) is 0 Å². The molecule has 1 amide bonds. The fourth-order valence-electron chi connectivity index (χ4n) is 2.65. The molecular weight excluding hydrogens is 228 g/mol. The fourth-order valence-corrected chi connectivity index (χ4v) is 2.65. The minimum atomic E-state index is 0.198. The second-order valence-corrected chi connectivity index (χ2v) is 5.49. The maximum Gasteiger partial charge on any atom is 0.221 e. The van der Waals surface area contributed by atoms with Gasteiger partial charge in [0.25, 0.3) is 0 Å². The van der Waals surface area contributed by atoms with Crippen LogP contribution in [-0.2, 0) is 4.79 Å². The van der Waals surface area contributed by atoms with Crippen molar-refractivity contribution in [3.05, 3.63) is 0 Å². The van der Waals surface area contributed by atoms with Crippen LogP contribution in [0.1, 0.15) is 19.3 Å². The molecule has 104 valence electrons. The molecule has 0 saturated carbocycles. The summed E-state index contributed by atoms with van der Waals surface area (Å²) >= 11 is 0. The highest BCUT2D eigenvalue weighted by Crippen LogP contribution is 2.08. The maximum atomic E-state index is 11.7. The summed E-state index contributed by atoms with van der Waals surface area (Å²) in [5, 5.41) is 6.39. The Bertz CT molecular complexity index is 258. The van der Waals surface area contributed by atoms with Gasteiger partial charge in [0.05, 0.1) is 0 Å². The first-order valence-electron chi connectivity index (χ1n) is 7.15. The van der Waals surface area contributed by atoms with E-state index in [2.05, 4.69) is 27.5 Å². The fraction of sp³-hybridized carbons (Fsp3) is 0.923. The third-order valence-electron chi connectivity index (χ3n) is 3.94. The normalized spacial score (nSPS) is 26.4. The molecule has 0 aromatic rings. The predicted octanol–water partition coefficient (Wildman–Crippen LogP) is -0.508. The van der Waals surface area contributed by atoms with Crippen LogP contribution in [0.5, 0.6) is 0 Å². The summed E-state index contributed by atoms with van der Waals surface area (Å²) < 4.78 is 0. The number of hydrogen-bond donors (Lipinski definition) is 2. The van der Waals surface area contributed by atoms with E-state index in [1.807, 2.05) is 0 Å². The van der Waals surface area contributed by atoms with Gasteiger partial charge in [0.1, 0.15) is 0 Å². The van der Waals surface area contributed by atoms with Crippen LogP contribution in [0.2, 0.25) is 0 Å². The Morgan fingerprint density at radius 1 is 1.33 bits per heavy atom. The van der Waals surface area contributed by atoms with Crippen molar-refractivity contribution in [3.63, 3.8) is 0 Å². The first-order valence-corrected chi connectivity index (χ1v) is 7.15. The van der Waals surface area contributed by atoms with E-state index in [0.717, 1.165) is 52.2 Å². The highest BCUT2D eigenvalue weighted by molar-refractivity contribution is 5.76. The number of nitrogens with one attached hydrogen (secondary N) is 2. The lowest BCUT2D eigenvalue weighted by Gasteiger charge is -2.32. The lowest BCUT2D eigenvalue weighted by Crippen LogP contribution is -2.47. The Hall–Kier alpha value is -0.650. The third-order valence-corrected chi connectivity index (χ3v) is 3.94. The van der Waals surface area contributed by atoms with Gasteiger partial charge in [0.15, 0.2) is 0 Å². The SMILES string of the molecule is CN1CCN(CCNC(=O)CC2CCCN2)CC1. The van der Waals surface area contributed by atoms with Crippen molar-refractivity contribution in [1.29, 1.82) is 0 Å². The van der Waals surface area contributed by atoms with Crippen molar-refractivity contribution in [1.82, 2.24) is 20.4 Å². The summed E-state index contributed by atoms with van der Waals surface area (Å²) in [6, 6.07) is 0.411. The zero-order valence-corrected chi connectivity index (χ0v) is 11.5. The van der Waals surface area contributed by atoms with Crippen molar-refractivity contribution >= 4 is 5.91 Å². The van der Waals surface area contributed by atoms with Gasteiger partial charge in [-0.3, -0.25) is 9.69 Å². The minimum absolute atomic E-state index is 0.198. The van der Waals surface area contributed by atoms with Gasteiger partial charge in [0.2, 0.25) is 5.91 Å². The summed E-state index contributed by atoms with van der Waals surface area (Å²) in [6.45, 7) is 7.36. The molecule has 2 aliphatic rings. The van der Waals surface area contributed by atoms with Gasteiger partial charge in [-0.1, -0.05) is 0 Å². The summed E-state index contributed by atoms with van der Waals surface area (Å²) in [7, 11) is 2.16. The van der Waals surface area contributed by atoms with Crippen LogP contribution < -0.4 is 10.6 Å². The van der Waals surface area contributed by atoms with E-state index in [4.69, 9.17) is 0 Å². The van der Waals surface area contributed by atoms with Crippen LogP contribution in [0.3, 0.4) is 0 Å². The largest absolute Gasteiger partial charge is 0.355 e. The molecule has 2 fully saturated rings. The second kappa shape index (κ2) is 7.07. The molecule has 2 N–H and O–H groups in total. The molecule has 5 heteroatoms. The standard InChI is InChI=1S/C13H26N4O/c1-16-7-9-17(10-8-16)6-5-15-13(18)11-12-3-2-4-14-12/h12,14H,2-11H2,1H3,(H,15,18). The zero-order chi connectivity index (χ0) is 12.8. The van der Waals surface area contributed by atoms with Gasteiger partial charge >= 0.3 is 0 Å². The molecule has 2 saturated heterocycles. The predicted molar refractivity (Wildman–Crippen MR) is 72.6 cm³/mol. The van der Waals surface area contributed by atoms with Gasteiger partial charge in [-0.05, 0) is 26.4 Å². The topological polar surface area (TPSA) is 47.6 Å². The van der Waals surface area contributed by atoms with Gasteiger partial charge in [-0.25, -0.2) is 0 Å². The first kappa shape index (κ1) is 13.8. The molecule has 0 aromatic heterocycles.